The molecule has 5 N–H and O–H groups in total. The molecule has 0 bridgehead atoms. The minimum atomic E-state index is -0.244. The highest BCUT2D eigenvalue weighted by Gasteiger charge is 2.18. The lowest BCUT2D eigenvalue weighted by Crippen LogP contribution is -2.41. The monoisotopic (exact) mass is 261 g/mol. The molecular weight excluding hydrogens is 242 g/mol. The van der Waals surface area contributed by atoms with Crippen molar-refractivity contribution < 1.29 is 9.90 Å². The minimum Gasteiger partial charge on any atom is -0.399 e. The molecule has 0 spiro atoms. The molecule has 0 radical (unpaired) electrons. The van der Waals surface area contributed by atoms with E-state index in [4.69, 9.17) is 5.73 Å². The Kier molecular flexibility index (Phi) is 3.76. The molecule has 1 unspecified atom stereocenters. The number of aliphatic hydroxyl groups excluding tert-OH is 1. The third kappa shape index (κ3) is 2.71. The van der Waals surface area contributed by atoms with Crippen molar-refractivity contribution in [3.8, 4) is 0 Å². The van der Waals surface area contributed by atoms with E-state index in [-0.39, 0.29) is 24.5 Å². The molecule has 0 fully saturated rings. The highest BCUT2D eigenvalue weighted by Crippen LogP contribution is 2.20. The zero-order valence-corrected chi connectivity index (χ0v) is 11.1. The quantitative estimate of drug-likeness (QED) is 0.628. The van der Waals surface area contributed by atoms with Crippen LogP contribution in [0.25, 0.3) is 10.9 Å². The van der Waals surface area contributed by atoms with Gasteiger partial charge in [-0.2, -0.15) is 0 Å². The zero-order valence-electron chi connectivity index (χ0n) is 11.1. The van der Waals surface area contributed by atoms with Crippen LogP contribution in [0.5, 0.6) is 0 Å². The highest BCUT2D eigenvalue weighted by atomic mass is 16.3. The third-order valence-electron chi connectivity index (χ3n) is 3.27. The first-order valence-corrected chi connectivity index (χ1v) is 6.31. The van der Waals surface area contributed by atoms with Gasteiger partial charge in [-0.15, -0.1) is 0 Å². The molecule has 5 heteroatoms. The van der Waals surface area contributed by atoms with E-state index >= 15 is 0 Å². The Bertz CT molecular complexity index is 589. The average Bonchev–Trinajstić information content (AvgIpc) is 2.78. The molecule has 1 aromatic carbocycles. The smallest absolute Gasteiger partial charge is 0.253 e. The summed E-state index contributed by atoms with van der Waals surface area (Å²) in [6.45, 7) is 3.84. The number of hydrogen-bond acceptors (Lipinski definition) is 3. The predicted octanol–water partition coefficient (Wildman–Crippen LogP) is 1.50. The number of nitrogens with one attached hydrogen (secondary N) is 2. The van der Waals surface area contributed by atoms with Crippen molar-refractivity contribution in [2.75, 3.05) is 12.3 Å². The number of amides is 1. The molecular formula is C14H19N3O2. The van der Waals surface area contributed by atoms with Gasteiger partial charge in [-0.1, -0.05) is 13.8 Å². The molecule has 0 saturated heterocycles. The molecule has 2 aromatic rings. The van der Waals surface area contributed by atoms with Gasteiger partial charge in [-0.25, -0.2) is 0 Å². The van der Waals surface area contributed by atoms with E-state index in [1.165, 1.54) is 0 Å². The summed E-state index contributed by atoms with van der Waals surface area (Å²) in [6, 6.07) is 5.13. The molecule has 1 amide bonds. The van der Waals surface area contributed by atoms with Gasteiger partial charge in [0.25, 0.3) is 5.91 Å². The first-order chi connectivity index (χ1) is 9.02. The molecule has 1 atom stereocenters. The van der Waals surface area contributed by atoms with Crippen LogP contribution in [0, 0.1) is 5.92 Å². The molecule has 102 valence electrons. The fraction of sp³-hybridized carbons (Fsp3) is 0.357. The van der Waals surface area contributed by atoms with E-state index < -0.39 is 0 Å². The number of hydrogen-bond donors (Lipinski definition) is 4. The number of nitrogens with two attached hydrogens (primary N) is 1. The van der Waals surface area contributed by atoms with E-state index in [0.717, 1.165) is 10.9 Å². The number of carbonyl (C=O) groups excluding carboxylic acids is 1. The van der Waals surface area contributed by atoms with Gasteiger partial charge in [0.1, 0.15) is 0 Å². The van der Waals surface area contributed by atoms with Crippen molar-refractivity contribution in [2.45, 2.75) is 19.9 Å². The third-order valence-corrected chi connectivity index (χ3v) is 3.27. The Hall–Kier alpha value is -2.01. The number of nitrogen functional groups attached to an aromatic ring is 1. The van der Waals surface area contributed by atoms with E-state index in [0.29, 0.717) is 11.3 Å². The van der Waals surface area contributed by atoms with E-state index in [9.17, 15) is 9.90 Å². The van der Waals surface area contributed by atoms with E-state index in [2.05, 4.69) is 10.3 Å². The number of benzene rings is 1. The fourth-order valence-corrected chi connectivity index (χ4v) is 2.00. The second-order valence-electron chi connectivity index (χ2n) is 5.01. The van der Waals surface area contributed by atoms with Crippen LogP contribution < -0.4 is 11.1 Å². The summed E-state index contributed by atoms with van der Waals surface area (Å²) in [5.74, 6) is -0.0152. The first kappa shape index (κ1) is 13.4. The molecule has 0 aliphatic rings. The minimum absolute atomic E-state index is 0.0707. The zero-order chi connectivity index (χ0) is 14.0. The molecule has 0 aliphatic carbocycles. The molecule has 2 rings (SSSR count). The van der Waals surface area contributed by atoms with Crippen LogP contribution in [0.15, 0.2) is 24.4 Å². The maximum Gasteiger partial charge on any atom is 0.253 e. The molecule has 0 aliphatic heterocycles. The number of fused-ring (bicyclic) bond motifs is 1. The summed E-state index contributed by atoms with van der Waals surface area (Å²) >= 11 is 0. The van der Waals surface area contributed by atoms with Crippen LogP contribution in [0.2, 0.25) is 0 Å². The lowest BCUT2D eigenvalue weighted by Gasteiger charge is -2.19. The van der Waals surface area contributed by atoms with Crippen molar-refractivity contribution in [2.24, 2.45) is 5.92 Å². The molecule has 19 heavy (non-hydrogen) atoms. The maximum absolute atomic E-state index is 12.2. The number of aromatic amines is 1. The molecule has 1 aromatic heterocycles. The first-order valence-electron chi connectivity index (χ1n) is 6.31. The summed E-state index contributed by atoms with van der Waals surface area (Å²) in [6.07, 6.45) is 1.66. The van der Waals surface area contributed by atoms with Crippen LogP contribution in [-0.4, -0.2) is 28.6 Å². The van der Waals surface area contributed by atoms with Gasteiger partial charge in [0.2, 0.25) is 0 Å². The van der Waals surface area contributed by atoms with Gasteiger partial charge in [0.15, 0.2) is 0 Å². The summed E-state index contributed by atoms with van der Waals surface area (Å²) in [5.41, 5.74) is 7.74. The van der Waals surface area contributed by atoms with Crippen molar-refractivity contribution in [3.63, 3.8) is 0 Å². The van der Waals surface area contributed by atoms with Gasteiger partial charge in [0.05, 0.1) is 18.2 Å². The van der Waals surface area contributed by atoms with Crippen molar-refractivity contribution in [1.29, 1.82) is 0 Å². The van der Waals surface area contributed by atoms with Gasteiger partial charge in [-0.3, -0.25) is 4.79 Å². The van der Waals surface area contributed by atoms with Crippen LogP contribution in [0.1, 0.15) is 24.2 Å². The second kappa shape index (κ2) is 5.32. The van der Waals surface area contributed by atoms with Crippen LogP contribution in [0.3, 0.4) is 0 Å². The standard InChI is InChI=1S/C14H19N3O2/c1-8(2)13(7-18)17-14(19)11-6-16-12-5-9(15)3-4-10(11)12/h3-6,8,13,16,18H,7,15H2,1-2H3,(H,17,19). The number of rotatable bonds is 4. The fourth-order valence-electron chi connectivity index (χ4n) is 2.00. The summed E-state index contributed by atoms with van der Waals surface area (Å²) < 4.78 is 0. The van der Waals surface area contributed by atoms with E-state index in [1.54, 1.807) is 18.3 Å². The number of H-pyrrole nitrogens is 1. The van der Waals surface area contributed by atoms with Crippen LogP contribution in [-0.2, 0) is 0 Å². The second-order valence-corrected chi connectivity index (χ2v) is 5.01. The number of aliphatic hydroxyl groups is 1. The Balaban J connectivity index is 2.27. The van der Waals surface area contributed by atoms with Crippen LogP contribution in [0.4, 0.5) is 5.69 Å². The number of aromatic nitrogens is 1. The largest absolute Gasteiger partial charge is 0.399 e. The molecule has 1 heterocycles. The lowest BCUT2D eigenvalue weighted by atomic mass is 10.0. The summed E-state index contributed by atoms with van der Waals surface area (Å²) in [4.78, 5) is 15.2. The Morgan fingerprint density at radius 2 is 2.21 bits per heavy atom. The van der Waals surface area contributed by atoms with Crippen molar-refractivity contribution >= 4 is 22.5 Å². The van der Waals surface area contributed by atoms with Gasteiger partial charge in [-0.05, 0) is 24.1 Å². The van der Waals surface area contributed by atoms with Crippen molar-refractivity contribution in [3.05, 3.63) is 30.0 Å². The lowest BCUT2D eigenvalue weighted by molar-refractivity contribution is 0.0898. The molecule has 0 saturated carbocycles. The number of anilines is 1. The Labute approximate surface area is 111 Å². The average molecular weight is 261 g/mol. The van der Waals surface area contributed by atoms with Gasteiger partial charge in [0, 0.05) is 22.8 Å². The van der Waals surface area contributed by atoms with Crippen molar-refractivity contribution in [1.82, 2.24) is 10.3 Å². The van der Waals surface area contributed by atoms with E-state index in [1.807, 2.05) is 19.9 Å². The normalized spacial score (nSPS) is 12.8. The predicted molar refractivity (Wildman–Crippen MR) is 75.9 cm³/mol. The summed E-state index contributed by atoms with van der Waals surface area (Å²) in [7, 11) is 0. The van der Waals surface area contributed by atoms with Gasteiger partial charge < -0.3 is 21.1 Å². The topological polar surface area (TPSA) is 91.1 Å². The maximum atomic E-state index is 12.2. The Morgan fingerprint density at radius 3 is 2.84 bits per heavy atom. The molecule has 5 nitrogen and oxygen atoms in total. The van der Waals surface area contributed by atoms with Crippen LogP contribution >= 0.6 is 0 Å². The number of carbonyl (C=O) groups is 1. The van der Waals surface area contributed by atoms with Gasteiger partial charge >= 0.3 is 0 Å². The summed E-state index contributed by atoms with van der Waals surface area (Å²) in [5, 5.41) is 12.9. The Morgan fingerprint density at radius 1 is 1.47 bits per heavy atom. The highest BCUT2D eigenvalue weighted by molar-refractivity contribution is 6.07. The SMILES string of the molecule is CC(C)C(CO)NC(=O)c1c[nH]c2cc(N)ccc12.